The normalized spacial score (nSPS) is 20.3. The maximum atomic E-state index is 13.4. The second-order valence-electron chi connectivity index (χ2n) is 9.85. The zero-order chi connectivity index (χ0) is 27.9. The third-order valence-electron chi connectivity index (χ3n) is 6.78. The van der Waals surface area contributed by atoms with Gasteiger partial charge >= 0.3 is 0 Å². The molecule has 0 radical (unpaired) electrons. The van der Waals surface area contributed by atoms with Crippen LogP contribution < -0.4 is 5.32 Å². The second kappa shape index (κ2) is 13.9. The zero-order valence-electron chi connectivity index (χ0n) is 21.2. The van der Waals surface area contributed by atoms with Gasteiger partial charge in [0.25, 0.3) is 0 Å². The van der Waals surface area contributed by atoms with Gasteiger partial charge in [-0.05, 0) is 87.0 Å². The molecule has 6 nitrogen and oxygen atoms in total. The summed E-state index contributed by atoms with van der Waals surface area (Å²) in [5, 5.41) is 3.30. The molecule has 2 atom stereocenters. The summed E-state index contributed by atoms with van der Waals surface area (Å²) in [5.74, 6) is -1.00. The minimum atomic E-state index is -3.23. The largest absolute Gasteiger partial charge is 0.316 e. The summed E-state index contributed by atoms with van der Waals surface area (Å²) in [6.45, 7) is 2.75. The Balaban J connectivity index is 0.000000215. The highest BCUT2D eigenvalue weighted by atomic mass is 35.5. The molecular formula is C27H32Cl2F2N2O4S. The Hall–Kier alpha value is -1.91. The molecule has 2 saturated heterocycles. The third kappa shape index (κ3) is 9.09. The minimum absolute atomic E-state index is 0.00531. The van der Waals surface area contributed by atoms with Crippen molar-refractivity contribution >= 4 is 44.8 Å². The summed E-state index contributed by atoms with van der Waals surface area (Å²) in [6, 6.07) is 8.22. The molecule has 1 N–H and O–H groups in total. The molecule has 0 amide bonds. The van der Waals surface area contributed by atoms with Gasteiger partial charge in [-0.15, -0.1) is 0 Å². The molecule has 11 heteroatoms. The molecule has 2 aliphatic rings. The highest BCUT2D eigenvalue weighted by Crippen LogP contribution is 2.25. The minimum Gasteiger partial charge on any atom is -0.316 e. The Morgan fingerprint density at radius 3 is 1.92 bits per heavy atom. The molecule has 2 fully saturated rings. The van der Waals surface area contributed by atoms with E-state index in [0.717, 1.165) is 44.8 Å². The first kappa shape index (κ1) is 30.6. The molecule has 38 heavy (non-hydrogen) atoms. The maximum absolute atomic E-state index is 13.4. The van der Waals surface area contributed by atoms with Crippen LogP contribution in [0.4, 0.5) is 8.78 Å². The number of benzene rings is 2. The fraction of sp³-hybridized carbons (Fsp3) is 0.481. The van der Waals surface area contributed by atoms with Crippen LogP contribution in [0.25, 0.3) is 0 Å². The van der Waals surface area contributed by atoms with Crippen LogP contribution in [-0.2, 0) is 10.0 Å². The van der Waals surface area contributed by atoms with Crippen molar-refractivity contribution in [3.8, 4) is 0 Å². The topological polar surface area (TPSA) is 83.6 Å². The number of rotatable bonds is 7. The van der Waals surface area contributed by atoms with E-state index in [2.05, 4.69) is 5.32 Å². The lowest BCUT2D eigenvalue weighted by Crippen LogP contribution is -2.39. The molecule has 2 aromatic rings. The fourth-order valence-electron chi connectivity index (χ4n) is 4.69. The molecular weight excluding hydrogens is 557 g/mol. The van der Waals surface area contributed by atoms with Gasteiger partial charge in [-0.2, -0.15) is 0 Å². The van der Waals surface area contributed by atoms with Crippen molar-refractivity contribution in [1.29, 1.82) is 0 Å². The number of hydrogen-bond donors (Lipinski definition) is 1. The van der Waals surface area contributed by atoms with Gasteiger partial charge in [0.2, 0.25) is 10.0 Å². The molecule has 2 aliphatic heterocycles. The lowest BCUT2D eigenvalue weighted by atomic mass is 9.92. The average Bonchev–Trinajstić information content (AvgIpc) is 2.88. The summed E-state index contributed by atoms with van der Waals surface area (Å²) in [6.07, 6.45) is 5.57. The van der Waals surface area contributed by atoms with Crippen molar-refractivity contribution in [2.75, 3.05) is 32.4 Å². The van der Waals surface area contributed by atoms with Gasteiger partial charge in [0.15, 0.2) is 11.6 Å². The fourth-order valence-corrected chi connectivity index (χ4v) is 5.87. The predicted octanol–water partition coefficient (Wildman–Crippen LogP) is 5.78. The quantitative estimate of drug-likeness (QED) is 0.415. The Morgan fingerprint density at radius 1 is 0.921 bits per heavy atom. The number of Topliss-reactive ketones (excluding diaryl/α,β-unsaturated/α-hetero) is 2. The summed E-state index contributed by atoms with van der Waals surface area (Å²) < 4.78 is 51.1. The van der Waals surface area contributed by atoms with Gasteiger partial charge in [-0.3, -0.25) is 9.59 Å². The van der Waals surface area contributed by atoms with Crippen molar-refractivity contribution in [2.24, 2.45) is 11.8 Å². The Morgan fingerprint density at radius 2 is 1.45 bits per heavy atom. The number of ketones is 2. The van der Waals surface area contributed by atoms with E-state index >= 15 is 0 Å². The molecule has 0 aromatic heterocycles. The van der Waals surface area contributed by atoms with E-state index in [-0.39, 0.29) is 39.5 Å². The van der Waals surface area contributed by atoms with Crippen LogP contribution in [0.1, 0.15) is 59.2 Å². The van der Waals surface area contributed by atoms with Gasteiger partial charge in [0.1, 0.15) is 11.6 Å². The Bertz CT molecular complexity index is 1250. The van der Waals surface area contributed by atoms with Crippen molar-refractivity contribution in [3.05, 3.63) is 69.2 Å². The number of hydrogen-bond acceptors (Lipinski definition) is 5. The van der Waals surface area contributed by atoms with E-state index < -0.39 is 21.7 Å². The van der Waals surface area contributed by atoms with Crippen molar-refractivity contribution in [3.63, 3.8) is 0 Å². The molecule has 0 spiro atoms. The molecule has 0 aliphatic carbocycles. The summed E-state index contributed by atoms with van der Waals surface area (Å²) >= 11 is 11.2. The van der Waals surface area contributed by atoms with Crippen LogP contribution in [0.3, 0.4) is 0 Å². The van der Waals surface area contributed by atoms with Crippen LogP contribution in [-0.4, -0.2) is 56.7 Å². The van der Waals surface area contributed by atoms with Crippen LogP contribution in [0.5, 0.6) is 0 Å². The van der Waals surface area contributed by atoms with E-state index in [4.69, 9.17) is 23.2 Å². The third-order valence-corrected chi connectivity index (χ3v) is 8.66. The second-order valence-corrected chi connectivity index (χ2v) is 12.7. The zero-order valence-corrected chi connectivity index (χ0v) is 23.5. The Labute approximate surface area is 232 Å². The molecule has 2 unspecified atom stereocenters. The number of nitrogens with zero attached hydrogens (tertiary/aromatic N) is 1. The van der Waals surface area contributed by atoms with Gasteiger partial charge in [0.05, 0.1) is 16.3 Å². The Kier molecular flexibility index (Phi) is 11.2. The van der Waals surface area contributed by atoms with Gasteiger partial charge in [-0.1, -0.05) is 23.2 Å². The van der Waals surface area contributed by atoms with Crippen molar-refractivity contribution in [1.82, 2.24) is 9.62 Å². The number of sulfonamides is 1. The van der Waals surface area contributed by atoms with Crippen LogP contribution in [0.15, 0.2) is 36.4 Å². The summed E-state index contributed by atoms with van der Waals surface area (Å²) in [5.41, 5.74) is 0.686. The number of carbonyl (C=O) groups excluding carboxylic acids is 2. The van der Waals surface area contributed by atoms with Gasteiger partial charge in [-0.25, -0.2) is 21.5 Å². The first-order valence-electron chi connectivity index (χ1n) is 12.6. The lowest BCUT2D eigenvalue weighted by molar-refractivity contribution is 0.0938. The number of halogens is 4. The first-order chi connectivity index (χ1) is 17.9. The summed E-state index contributed by atoms with van der Waals surface area (Å²) in [4.78, 5) is 24.1. The van der Waals surface area contributed by atoms with E-state index in [1.165, 1.54) is 34.8 Å². The van der Waals surface area contributed by atoms with Crippen LogP contribution >= 0.6 is 23.2 Å². The smallest absolute Gasteiger partial charge is 0.211 e. The average molecular weight is 590 g/mol. The highest BCUT2D eigenvalue weighted by molar-refractivity contribution is 7.88. The SMILES string of the molecule is CS(=O)(=O)N1CCCC(CC(=O)c2ccc(Cl)c(F)c2)C1.O=C(CC1CCCNC1)c1ccc(Cl)c(F)c1. The van der Waals surface area contributed by atoms with Gasteiger partial charge in [0, 0.05) is 37.1 Å². The molecule has 4 rings (SSSR count). The van der Waals surface area contributed by atoms with Gasteiger partial charge < -0.3 is 5.32 Å². The predicted molar refractivity (Wildman–Crippen MR) is 145 cm³/mol. The molecule has 0 saturated carbocycles. The standard InChI is InChI=1S/C14H17ClFNO3S.C13H15ClFNO/c1-21(19,20)17-6-2-3-10(9-17)7-14(18)11-4-5-12(15)13(16)8-11;14-11-4-3-10(7-12(11)15)13(17)6-9-2-1-5-16-8-9/h4-5,8,10H,2-3,6-7,9H2,1H3;3-4,7,9,16H,1-2,5-6,8H2. The lowest BCUT2D eigenvalue weighted by Gasteiger charge is -2.30. The summed E-state index contributed by atoms with van der Waals surface area (Å²) in [7, 11) is -3.23. The van der Waals surface area contributed by atoms with E-state index in [1.807, 2.05) is 0 Å². The van der Waals surface area contributed by atoms with E-state index in [0.29, 0.717) is 31.0 Å². The van der Waals surface area contributed by atoms with E-state index in [1.54, 1.807) is 6.07 Å². The van der Waals surface area contributed by atoms with Crippen molar-refractivity contribution < 1.29 is 26.8 Å². The molecule has 0 bridgehead atoms. The monoisotopic (exact) mass is 588 g/mol. The number of piperidine rings is 2. The van der Waals surface area contributed by atoms with E-state index in [9.17, 15) is 26.8 Å². The number of carbonyl (C=O) groups is 2. The molecule has 2 aromatic carbocycles. The maximum Gasteiger partial charge on any atom is 0.211 e. The highest BCUT2D eigenvalue weighted by Gasteiger charge is 2.27. The first-order valence-corrected chi connectivity index (χ1v) is 15.2. The number of nitrogens with one attached hydrogen (secondary N) is 1. The molecule has 208 valence electrons. The molecule has 2 heterocycles. The van der Waals surface area contributed by atoms with Crippen LogP contribution in [0, 0.1) is 23.5 Å². The van der Waals surface area contributed by atoms with Crippen molar-refractivity contribution in [2.45, 2.75) is 38.5 Å². The van der Waals surface area contributed by atoms with Crippen LogP contribution in [0.2, 0.25) is 10.0 Å².